The predicted molar refractivity (Wildman–Crippen MR) is 112 cm³/mol. The summed E-state index contributed by atoms with van der Waals surface area (Å²) in [6.07, 6.45) is -2.96. The van der Waals surface area contributed by atoms with Crippen LogP contribution in [0.3, 0.4) is 0 Å². The summed E-state index contributed by atoms with van der Waals surface area (Å²) in [7, 11) is 0. The second kappa shape index (κ2) is 8.40. The van der Waals surface area contributed by atoms with E-state index in [0.717, 1.165) is 28.7 Å². The number of hydrogen-bond acceptors (Lipinski definition) is 4. The van der Waals surface area contributed by atoms with Crippen LogP contribution in [0.15, 0.2) is 17.9 Å². The molecule has 9 heteroatoms. The number of aryl methyl sites for hydroxylation is 3. The van der Waals surface area contributed by atoms with E-state index in [1.54, 1.807) is 13.8 Å². The third kappa shape index (κ3) is 5.62. The van der Waals surface area contributed by atoms with Gasteiger partial charge in [-0.05, 0) is 67.7 Å². The fourth-order valence-electron chi connectivity index (χ4n) is 3.37. The first kappa shape index (κ1) is 23.9. The average Bonchev–Trinajstić information content (AvgIpc) is 2.80. The summed E-state index contributed by atoms with van der Waals surface area (Å²) < 4.78 is 48.5. The fourth-order valence-corrected chi connectivity index (χ4v) is 4.84. The standard InChI is InChI=1S/C20H27F3NO3PS/c1-7-13-9-12(3)15(14(8-2)10-13)16-17(19(4,5)24-18(16)25)27-28(6,29)26-11-20(21,22)23/h9-10H,7-8,11H2,1-6H3,(H,24,25). The van der Waals surface area contributed by atoms with E-state index in [4.69, 9.17) is 20.9 Å². The highest BCUT2D eigenvalue weighted by Gasteiger charge is 2.43. The number of amides is 1. The molecule has 0 aromatic heterocycles. The van der Waals surface area contributed by atoms with Gasteiger partial charge in [0.15, 0.2) is 6.61 Å². The highest BCUT2D eigenvalue weighted by atomic mass is 32.5. The Labute approximate surface area is 175 Å². The van der Waals surface area contributed by atoms with E-state index in [1.165, 1.54) is 6.66 Å². The van der Waals surface area contributed by atoms with Crippen molar-refractivity contribution >= 4 is 29.8 Å². The molecule has 162 valence electrons. The first-order chi connectivity index (χ1) is 13.2. The third-order valence-corrected chi connectivity index (χ3v) is 6.34. The first-order valence-corrected chi connectivity index (χ1v) is 12.5. The molecule has 1 aromatic rings. The Balaban J connectivity index is 2.60. The van der Waals surface area contributed by atoms with Crippen molar-refractivity contribution in [2.75, 3.05) is 13.3 Å². The number of hydrogen-bond donors (Lipinski definition) is 1. The molecule has 1 atom stereocenters. The largest absolute Gasteiger partial charge is 0.445 e. The molecule has 29 heavy (non-hydrogen) atoms. The smallest absolute Gasteiger partial charge is 0.412 e. The molecular formula is C20H27F3NO3PS. The van der Waals surface area contributed by atoms with Crippen LogP contribution in [0.2, 0.25) is 0 Å². The summed E-state index contributed by atoms with van der Waals surface area (Å²) in [6.45, 7) is 5.98. The Bertz CT molecular complexity index is 894. The zero-order valence-corrected chi connectivity index (χ0v) is 19.2. The third-order valence-electron chi connectivity index (χ3n) is 4.68. The molecule has 0 spiro atoms. The number of carbonyl (C=O) groups excluding carboxylic acids is 1. The molecule has 0 saturated carbocycles. The molecule has 1 aliphatic rings. The molecule has 0 fully saturated rings. The molecule has 1 N–H and O–H groups in total. The number of alkyl halides is 3. The van der Waals surface area contributed by atoms with Crippen molar-refractivity contribution in [2.45, 2.75) is 59.2 Å². The molecule has 2 rings (SSSR count). The lowest BCUT2D eigenvalue weighted by molar-refractivity contribution is -0.153. The summed E-state index contributed by atoms with van der Waals surface area (Å²) in [5.74, 6) is -0.101. The Hall–Kier alpha value is -1.37. The maximum Gasteiger partial charge on any atom is 0.412 e. The van der Waals surface area contributed by atoms with Crippen molar-refractivity contribution in [3.63, 3.8) is 0 Å². The normalized spacial score (nSPS) is 18.6. The van der Waals surface area contributed by atoms with Crippen LogP contribution in [0, 0.1) is 6.92 Å². The Morgan fingerprint density at radius 3 is 2.34 bits per heavy atom. The molecule has 1 aliphatic heterocycles. The van der Waals surface area contributed by atoms with Crippen molar-refractivity contribution in [1.29, 1.82) is 0 Å². The first-order valence-electron chi connectivity index (χ1n) is 9.39. The maximum absolute atomic E-state index is 12.9. The van der Waals surface area contributed by atoms with Gasteiger partial charge in [0.1, 0.15) is 5.76 Å². The van der Waals surface area contributed by atoms with Gasteiger partial charge in [-0.15, -0.1) is 0 Å². The average molecular weight is 449 g/mol. The maximum atomic E-state index is 12.9. The number of benzene rings is 1. The summed E-state index contributed by atoms with van der Waals surface area (Å²) in [4.78, 5) is 12.9. The highest BCUT2D eigenvalue weighted by Crippen LogP contribution is 2.52. The van der Waals surface area contributed by atoms with E-state index in [9.17, 15) is 18.0 Å². The van der Waals surface area contributed by atoms with E-state index in [0.29, 0.717) is 12.0 Å². The number of nitrogens with one attached hydrogen (secondary N) is 1. The van der Waals surface area contributed by atoms with Crippen LogP contribution in [0.4, 0.5) is 13.2 Å². The van der Waals surface area contributed by atoms with E-state index >= 15 is 0 Å². The molecule has 1 unspecified atom stereocenters. The van der Waals surface area contributed by atoms with Crippen LogP contribution < -0.4 is 5.32 Å². The molecular weight excluding hydrogens is 422 g/mol. The predicted octanol–water partition coefficient (Wildman–Crippen LogP) is 5.27. The Morgan fingerprint density at radius 1 is 1.21 bits per heavy atom. The number of carbonyl (C=O) groups is 1. The van der Waals surface area contributed by atoms with Crippen LogP contribution in [0.25, 0.3) is 5.57 Å². The quantitative estimate of drug-likeness (QED) is 0.576. The van der Waals surface area contributed by atoms with Gasteiger partial charge in [-0.3, -0.25) is 4.79 Å². The molecule has 1 aromatic carbocycles. The van der Waals surface area contributed by atoms with Crippen LogP contribution in [0.5, 0.6) is 0 Å². The molecule has 0 bridgehead atoms. The molecule has 1 amide bonds. The second-order valence-electron chi connectivity index (χ2n) is 7.69. The summed E-state index contributed by atoms with van der Waals surface area (Å²) in [5, 5.41) is 2.85. The molecule has 0 radical (unpaired) electrons. The van der Waals surface area contributed by atoms with Gasteiger partial charge in [0.05, 0.1) is 11.1 Å². The van der Waals surface area contributed by atoms with Crippen molar-refractivity contribution in [2.24, 2.45) is 0 Å². The Kier molecular flexibility index (Phi) is 6.93. The lowest BCUT2D eigenvalue weighted by Crippen LogP contribution is -2.38. The second-order valence-corrected chi connectivity index (χ2v) is 11.7. The monoisotopic (exact) mass is 449 g/mol. The van der Waals surface area contributed by atoms with E-state index in [1.807, 2.05) is 26.0 Å². The van der Waals surface area contributed by atoms with Crippen LogP contribution in [-0.2, 0) is 38.5 Å². The summed E-state index contributed by atoms with van der Waals surface area (Å²) in [5.41, 5.74) is 3.18. The topological polar surface area (TPSA) is 47.6 Å². The van der Waals surface area contributed by atoms with E-state index in [2.05, 4.69) is 12.2 Å². The summed E-state index contributed by atoms with van der Waals surface area (Å²) >= 11 is 5.22. The van der Waals surface area contributed by atoms with Crippen molar-refractivity contribution in [1.82, 2.24) is 5.32 Å². The van der Waals surface area contributed by atoms with Crippen LogP contribution in [-0.4, -0.2) is 30.9 Å². The highest BCUT2D eigenvalue weighted by molar-refractivity contribution is 8.09. The SMILES string of the molecule is CCc1cc(C)c(C2=C(OP(C)(=S)OCC(F)(F)F)C(C)(C)NC2=O)c(CC)c1. The van der Waals surface area contributed by atoms with Gasteiger partial charge in [-0.1, -0.05) is 26.0 Å². The van der Waals surface area contributed by atoms with Gasteiger partial charge in [0.2, 0.25) is 6.49 Å². The van der Waals surface area contributed by atoms with Crippen molar-refractivity contribution in [3.8, 4) is 0 Å². The minimum absolute atomic E-state index is 0.234. The van der Waals surface area contributed by atoms with E-state index in [-0.39, 0.29) is 11.7 Å². The Morgan fingerprint density at radius 2 is 1.83 bits per heavy atom. The van der Waals surface area contributed by atoms with Gasteiger partial charge in [-0.25, -0.2) is 0 Å². The zero-order valence-electron chi connectivity index (χ0n) is 17.5. The van der Waals surface area contributed by atoms with Crippen LogP contribution >= 0.6 is 6.49 Å². The number of rotatable bonds is 7. The molecule has 0 aliphatic carbocycles. The van der Waals surface area contributed by atoms with Crippen LogP contribution in [0.1, 0.15) is 49.9 Å². The van der Waals surface area contributed by atoms with Gasteiger partial charge in [-0.2, -0.15) is 13.2 Å². The summed E-state index contributed by atoms with van der Waals surface area (Å²) in [6, 6.07) is 4.06. The van der Waals surface area contributed by atoms with Gasteiger partial charge < -0.3 is 14.4 Å². The van der Waals surface area contributed by atoms with E-state index < -0.39 is 24.8 Å². The molecule has 4 nitrogen and oxygen atoms in total. The minimum atomic E-state index is -4.51. The molecule has 1 heterocycles. The van der Waals surface area contributed by atoms with Crippen molar-refractivity contribution < 1.29 is 27.0 Å². The van der Waals surface area contributed by atoms with Gasteiger partial charge in [0.25, 0.3) is 5.91 Å². The fraction of sp³-hybridized carbons (Fsp3) is 0.550. The number of halogens is 3. The van der Waals surface area contributed by atoms with Crippen molar-refractivity contribution in [3.05, 3.63) is 40.1 Å². The minimum Gasteiger partial charge on any atom is -0.445 e. The lowest BCUT2D eigenvalue weighted by Gasteiger charge is -2.28. The zero-order chi connectivity index (χ0) is 22.2. The molecule has 0 saturated heterocycles. The van der Waals surface area contributed by atoms with Gasteiger partial charge in [0, 0.05) is 6.66 Å². The van der Waals surface area contributed by atoms with Gasteiger partial charge >= 0.3 is 6.18 Å². The lowest BCUT2D eigenvalue weighted by atomic mass is 9.89.